The molecular formula is C20H22F3N5. The van der Waals surface area contributed by atoms with Crippen molar-refractivity contribution in [2.75, 3.05) is 18.0 Å². The predicted octanol–water partition coefficient (Wildman–Crippen LogP) is 4.91. The molecule has 0 amide bonds. The third-order valence-electron chi connectivity index (χ3n) is 5.12. The summed E-state index contributed by atoms with van der Waals surface area (Å²) < 4.78 is 40.9. The third kappa shape index (κ3) is 3.31. The van der Waals surface area contributed by atoms with Gasteiger partial charge in [-0.3, -0.25) is 5.10 Å². The fourth-order valence-electron chi connectivity index (χ4n) is 4.22. The monoisotopic (exact) mass is 389 g/mol. The molecule has 3 aromatic rings. The molecule has 1 aliphatic heterocycles. The maximum atomic E-state index is 13.6. The first-order valence-corrected chi connectivity index (χ1v) is 9.29. The summed E-state index contributed by atoms with van der Waals surface area (Å²) in [5.41, 5.74) is -0.184. The van der Waals surface area contributed by atoms with Crippen LogP contribution in [0.4, 0.5) is 19.0 Å². The summed E-state index contributed by atoms with van der Waals surface area (Å²) in [6, 6.07) is 5.92. The van der Waals surface area contributed by atoms with Gasteiger partial charge in [-0.2, -0.15) is 18.3 Å². The second kappa shape index (κ2) is 6.46. The van der Waals surface area contributed by atoms with Crippen molar-refractivity contribution in [1.29, 1.82) is 0 Å². The van der Waals surface area contributed by atoms with E-state index in [4.69, 9.17) is 0 Å². The maximum absolute atomic E-state index is 13.6. The van der Waals surface area contributed by atoms with Crippen LogP contribution in [0.2, 0.25) is 0 Å². The highest BCUT2D eigenvalue weighted by atomic mass is 19.4. The van der Waals surface area contributed by atoms with Crippen LogP contribution in [0, 0.1) is 11.3 Å². The van der Waals surface area contributed by atoms with Crippen molar-refractivity contribution in [3.63, 3.8) is 0 Å². The van der Waals surface area contributed by atoms with Crippen LogP contribution in [0.1, 0.15) is 32.8 Å². The summed E-state index contributed by atoms with van der Waals surface area (Å²) in [7, 11) is 0. The first kappa shape index (κ1) is 18.7. The predicted molar refractivity (Wildman–Crippen MR) is 102 cm³/mol. The van der Waals surface area contributed by atoms with E-state index in [9.17, 15) is 13.2 Å². The van der Waals surface area contributed by atoms with Gasteiger partial charge in [-0.1, -0.05) is 20.8 Å². The molecule has 28 heavy (non-hydrogen) atoms. The van der Waals surface area contributed by atoms with Gasteiger partial charge in [0.2, 0.25) is 0 Å². The number of H-pyrrole nitrogens is 1. The van der Waals surface area contributed by atoms with Crippen LogP contribution in [0.3, 0.4) is 0 Å². The number of hydrogen-bond donors (Lipinski definition) is 1. The van der Waals surface area contributed by atoms with E-state index >= 15 is 0 Å². The van der Waals surface area contributed by atoms with Crippen LogP contribution >= 0.6 is 0 Å². The minimum absolute atomic E-state index is 0.165. The zero-order valence-electron chi connectivity index (χ0n) is 16.0. The molecule has 1 aliphatic rings. The lowest BCUT2D eigenvalue weighted by Crippen LogP contribution is -2.55. The Labute approximate surface area is 161 Å². The lowest BCUT2D eigenvalue weighted by atomic mass is 9.75. The number of hydrogen-bond acceptors (Lipinski definition) is 4. The Hall–Kier alpha value is -2.64. The van der Waals surface area contributed by atoms with Gasteiger partial charge in [0.1, 0.15) is 17.2 Å². The number of aromatic nitrogens is 4. The van der Waals surface area contributed by atoms with Crippen molar-refractivity contribution >= 4 is 16.9 Å². The SMILES string of the molecule is CC(C)CC1(C)CN(c2ccc(C(F)(F)F)c(-c3n[nH]c4ncccc34)n2)C1. The smallest absolute Gasteiger partial charge is 0.355 e. The summed E-state index contributed by atoms with van der Waals surface area (Å²) in [5.74, 6) is 1.12. The first-order chi connectivity index (χ1) is 13.2. The van der Waals surface area contributed by atoms with Gasteiger partial charge in [-0.15, -0.1) is 0 Å². The molecule has 8 heteroatoms. The first-order valence-electron chi connectivity index (χ1n) is 9.29. The average molecular weight is 389 g/mol. The number of anilines is 1. The van der Waals surface area contributed by atoms with Crippen molar-refractivity contribution in [2.45, 2.75) is 33.4 Å². The largest absolute Gasteiger partial charge is 0.418 e. The van der Waals surface area contributed by atoms with Gasteiger partial charge in [0.15, 0.2) is 5.65 Å². The minimum atomic E-state index is -4.52. The van der Waals surface area contributed by atoms with Crippen molar-refractivity contribution < 1.29 is 13.2 Å². The number of fused-ring (bicyclic) bond motifs is 1. The molecule has 148 valence electrons. The Morgan fingerprint density at radius 1 is 1.18 bits per heavy atom. The van der Waals surface area contributed by atoms with Crippen LogP contribution in [0.25, 0.3) is 22.4 Å². The molecule has 5 nitrogen and oxygen atoms in total. The summed E-state index contributed by atoms with van der Waals surface area (Å²) in [6.45, 7) is 8.14. The van der Waals surface area contributed by atoms with Crippen LogP contribution in [0.15, 0.2) is 30.5 Å². The highest BCUT2D eigenvalue weighted by Gasteiger charge is 2.41. The highest BCUT2D eigenvalue weighted by Crippen LogP contribution is 2.42. The van der Waals surface area contributed by atoms with E-state index in [0.717, 1.165) is 25.6 Å². The normalized spacial score (nSPS) is 16.6. The molecule has 0 spiro atoms. The van der Waals surface area contributed by atoms with Crippen molar-refractivity contribution in [2.24, 2.45) is 11.3 Å². The number of alkyl halides is 3. The van der Waals surface area contributed by atoms with Gasteiger partial charge >= 0.3 is 6.18 Å². The Balaban J connectivity index is 1.74. The fraction of sp³-hybridized carbons (Fsp3) is 0.450. The number of nitrogens with one attached hydrogen (secondary N) is 1. The molecule has 0 saturated carbocycles. The van der Waals surface area contributed by atoms with E-state index in [1.54, 1.807) is 18.3 Å². The molecule has 0 unspecified atom stereocenters. The van der Waals surface area contributed by atoms with E-state index in [1.165, 1.54) is 6.07 Å². The van der Waals surface area contributed by atoms with Gasteiger partial charge in [-0.25, -0.2) is 9.97 Å². The van der Waals surface area contributed by atoms with Crippen molar-refractivity contribution in [1.82, 2.24) is 20.2 Å². The molecule has 3 aromatic heterocycles. The highest BCUT2D eigenvalue weighted by molar-refractivity contribution is 5.90. The molecule has 0 atom stereocenters. The summed E-state index contributed by atoms with van der Waals surface area (Å²) in [6.07, 6.45) is -1.88. The van der Waals surface area contributed by atoms with Gasteiger partial charge in [0.25, 0.3) is 0 Å². The summed E-state index contributed by atoms with van der Waals surface area (Å²) >= 11 is 0. The molecule has 1 saturated heterocycles. The molecule has 0 aromatic carbocycles. The number of rotatable bonds is 4. The zero-order valence-corrected chi connectivity index (χ0v) is 16.0. The molecule has 1 fully saturated rings. The van der Waals surface area contributed by atoms with E-state index in [0.29, 0.717) is 22.8 Å². The Bertz CT molecular complexity index is 1000. The summed E-state index contributed by atoms with van der Waals surface area (Å²) in [4.78, 5) is 10.5. The molecule has 1 N–H and O–H groups in total. The van der Waals surface area contributed by atoms with Crippen LogP contribution < -0.4 is 4.90 Å². The van der Waals surface area contributed by atoms with E-state index in [-0.39, 0.29) is 16.8 Å². The van der Waals surface area contributed by atoms with Gasteiger partial charge in [0, 0.05) is 30.1 Å². The average Bonchev–Trinajstić information content (AvgIpc) is 3.01. The number of pyridine rings is 2. The lowest BCUT2D eigenvalue weighted by Gasteiger charge is -2.50. The Morgan fingerprint density at radius 3 is 2.61 bits per heavy atom. The zero-order chi connectivity index (χ0) is 20.1. The maximum Gasteiger partial charge on any atom is 0.418 e. The van der Waals surface area contributed by atoms with E-state index in [2.05, 4.69) is 40.9 Å². The van der Waals surface area contributed by atoms with Crippen molar-refractivity contribution in [3.8, 4) is 11.4 Å². The van der Waals surface area contributed by atoms with E-state index < -0.39 is 11.7 Å². The molecule has 0 bridgehead atoms. The quantitative estimate of drug-likeness (QED) is 0.689. The number of aromatic amines is 1. The second-order valence-electron chi connectivity index (χ2n) is 8.30. The van der Waals surface area contributed by atoms with Crippen LogP contribution in [0.5, 0.6) is 0 Å². The topological polar surface area (TPSA) is 57.7 Å². The van der Waals surface area contributed by atoms with Crippen LogP contribution in [-0.2, 0) is 6.18 Å². The van der Waals surface area contributed by atoms with Gasteiger partial charge in [0.05, 0.1) is 5.56 Å². The molecule has 4 rings (SSSR count). The number of halogens is 3. The Kier molecular flexibility index (Phi) is 4.32. The Morgan fingerprint density at radius 2 is 1.93 bits per heavy atom. The second-order valence-corrected chi connectivity index (χ2v) is 8.30. The molecular weight excluding hydrogens is 367 g/mol. The van der Waals surface area contributed by atoms with E-state index in [1.807, 2.05) is 4.90 Å². The minimum Gasteiger partial charge on any atom is -0.355 e. The molecule has 0 aliphatic carbocycles. The standard InChI is InChI=1S/C20H22F3N5/c1-12(2)9-19(3)10-28(11-19)15-7-6-14(20(21,22)23)17(25-15)16-13-5-4-8-24-18(13)27-26-16/h4-8,12H,9-11H2,1-3H3,(H,24,26,27). The van der Waals surface area contributed by atoms with Crippen LogP contribution in [-0.4, -0.2) is 33.3 Å². The van der Waals surface area contributed by atoms with Crippen molar-refractivity contribution in [3.05, 3.63) is 36.0 Å². The lowest BCUT2D eigenvalue weighted by molar-refractivity contribution is -0.137. The summed E-state index contributed by atoms with van der Waals surface area (Å²) in [5, 5.41) is 7.30. The fourth-order valence-corrected chi connectivity index (χ4v) is 4.22. The number of nitrogens with zero attached hydrogens (tertiary/aromatic N) is 4. The van der Waals surface area contributed by atoms with Gasteiger partial charge in [-0.05, 0) is 36.6 Å². The molecule has 4 heterocycles. The molecule has 0 radical (unpaired) electrons. The van der Waals surface area contributed by atoms with Gasteiger partial charge < -0.3 is 4.90 Å². The third-order valence-corrected chi connectivity index (χ3v) is 5.12.